The molecule has 2 heteroatoms. The van der Waals surface area contributed by atoms with Gasteiger partial charge in [-0.3, -0.25) is 0 Å². The maximum absolute atomic E-state index is 4.39. The van der Waals surface area contributed by atoms with E-state index in [4.69, 9.17) is 0 Å². The molecule has 0 saturated heterocycles. The van der Waals surface area contributed by atoms with Gasteiger partial charge in [0.1, 0.15) is 6.33 Å². The van der Waals surface area contributed by atoms with E-state index in [1.54, 1.807) is 6.33 Å². The summed E-state index contributed by atoms with van der Waals surface area (Å²) >= 11 is 0. The molecule has 0 unspecified atom stereocenters. The van der Waals surface area contributed by atoms with Crippen molar-refractivity contribution in [3.8, 4) is 0 Å². The number of nitrogens with zero attached hydrogens (tertiary/aromatic N) is 2. The van der Waals surface area contributed by atoms with Crippen molar-refractivity contribution in [2.75, 3.05) is 0 Å². The molecule has 2 rings (SSSR count). The lowest BCUT2D eigenvalue weighted by Gasteiger charge is -2.13. The smallest absolute Gasteiger partial charge is 0.116 e. The number of aromatic nitrogens is 2. The van der Waals surface area contributed by atoms with Crippen LogP contribution in [0.2, 0.25) is 0 Å². The van der Waals surface area contributed by atoms with Crippen LogP contribution in [0.5, 0.6) is 0 Å². The minimum Gasteiger partial charge on any atom is -0.241 e. The van der Waals surface area contributed by atoms with Gasteiger partial charge in [0.05, 0.1) is 5.52 Å². The molecule has 0 aliphatic rings. The van der Waals surface area contributed by atoms with Gasteiger partial charge in [-0.25, -0.2) is 9.97 Å². The average molecular weight is 200 g/mol. The Labute approximate surface area is 90.4 Å². The Morgan fingerprint density at radius 3 is 2.00 bits per heavy atom. The summed E-state index contributed by atoms with van der Waals surface area (Å²) < 4.78 is 0. The van der Waals surface area contributed by atoms with E-state index in [2.05, 4.69) is 37.7 Å². The highest BCUT2D eigenvalue weighted by Gasteiger charge is 2.11. The molecule has 0 bridgehead atoms. The average Bonchev–Trinajstić information content (AvgIpc) is 2.23. The number of fused-ring (bicyclic) bond motifs is 1. The molecule has 0 radical (unpaired) electrons. The van der Waals surface area contributed by atoms with Crippen molar-refractivity contribution < 1.29 is 0 Å². The quantitative estimate of drug-likeness (QED) is 0.652. The van der Waals surface area contributed by atoms with Gasteiger partial charge in [0.15, 0.2) is 0 Å². The zero-order valence-electron chi connectivity index (χ0n) is 9.97. The molecule has 1 aromatic carbocycles. The Morgan fingerprint density at radius 1 is 0.733 bits per heavy atom. The van der Waals surface area contributed by atoms with Crippen LogP contribution in [0.4, 0.5) is 0 Å². The summed E-state index contributed by atoms with van der Waals surface area (Å²) in [6, 6.07) is 0. The summed E-state index contributed by atoms with van der Waals surface area (Å²) in [5.74, 6) is 0. The van der Waals surface area contributed by atoms with Gasteiger partial charge in [0, 0.05) is 11.1 Å². The van der Waals surface area contributed by atoms with E-state index in [0.717, 1.165) is 11.2 Å². The monoisotopic (exact) mass is 200 g/mol. The van der Waals surface area contributed by atoms with E-state index < -0.39 is 0 Å². The fourth-order valence-electron chi connectivity index (χ4n) is 2.13. The molecule has 2 aromatic rings. The molecule has 0 aliphatic heterocycles. The Morgan fingerprint density at radius 2 is 1.33 bits per heavy atom. The number of aryl methyl sites for hydroxylation is 3. The topological polar surface area (TPSA) is 25.8 Å². The van der Waals surface area contributed by atoms with E-state index in [0.29, 0.717) is 0 Å². The van der Waals surface area contributed by atoms with Crippen LogP contribution in [0.3, 0.4) is 0 Å². The summed E-state index contributed by atoms with van der Waals surface area (Å²) in [4.78, 5) is 8.66. The first kappa shape index (κ1) is 10.1. The Bertz CT molecular complexity index is 542. The van der Waals surface area contributed by atoms with Crippen LogP contribution in [-0.2, 0) is 0 Å². The molecule has 78 valence electrons. The Kier molecular flexibility index (Phi) is 2.22. The van der Waals surface area contributed by atoms with Gasteiger partial charge >= 0.3 is 0 Å². The van der Waals surface area contributed by atoms with Crippen molar-refractivity contribution in [2.45, 2.75) is 34.6 Å². The largest absolute Gasteiger partial charge is 0.241 e. The van der Waals surface area contributed by atoms with Crippen LogP contribution < -0.4 is 0 Å². The molecule has 0 saturated carbocycles. The highest BCUT2D eigenvalue weighted by atomic mass is 14.8. The minimum atomic E-state index is 1.07. The van der Waals surface area contributed by atoms with Crippen LogP contribution in [0.1, 0.15) is 27.9 Å². The standard InChI is InChI=1S/C13H16N2/c1-7-8(2)10(4)13-12(9(7)3)11(5)14-6-15-13/h6H,1-5H3. The van der Waals surface area contributed by atoms with Crippen LogP contribution in [0.25, 0.3) is 10.9 Å². The first-order chi connectivity index (χ1) is 7.04. The van der Waals surface area contributed by atoms with Gasteiger partial charge in [-0.15, -0.1) is 0 Å². The molecule has 15 heavy (non-hydrogen) atoms. The molecule has 0 amide bonds. The molecule has 0 spiro atoms. The maximum atomic E-state index is 4.39. The van der Waals surface area contributed by atoms with Crippen LogP contribution in [-0.4, -0.2) is 9.97 Å². The SMILES string of the molecule is Cc1c(C)c(C)c2c(C)ncnc2c1C. The van der Waals surface area contributed by atoms with Crippen molar-refractivity contribution in [1.29, 1.82) is 0 Å². The highest BCUT2D eigenvalue weighted by Crippen LogP contribution is 2.28. The lowest BCUT2D eigenvalue weighted by atomic mass is 9.94. The van der Waals surface area contributed by atoms with E-state index in [9.17, 15) is 0 Å². The van der Waals surface area contributed by atoms with E-state index in [1.807, 2.05) is 6.92 Å². The molecular formula is C13H16N2. The van der Waals surface area contributed by atoms with Crippen molar-refractivity contribution in [3.63, 3.8) is 0 Å². The molecule has 0 aliphatic carbocycles. The normalized spacial score (nSPS) is 11.0. The number of rotatable bonds is 0. The summed E-state index contributed by atoms with van der Waals surface area (Å²) in [6.07, 6.45) is 1.65. The molecule has 2 nitrogen and oxygen atoms in total. The molecule has 1 heterocycles. The second kappa shape index (κ2) is 3.30. The van der Waals surface area contributed by atoms with Crippen molar-refractivity contribution in [2.24, 2.45) is 0 Å². The zero-order chi connectivity index (χ0) is 11.2. The van der Waals surface area contributed by atoms with E-state index >= 15 is 0 Å². The molecule has 0 N–H and O–H groups in total. The van der Waals surface area contributed by atoms with Crippen LogP contribution in [0, 0.1) is 34.6 Å². The van der Waals surface area contributed by atoms with E-state index in [-0.39, 0.29) is 0 Å². The van der Waals surface area contributed by atoms with Crippen molar-refractivity contribution in [3.05, 3.63) is 34.3 Å². The lowest BCUT2D eigenvalue weighted by Crippen LogP contribution is -1.98. The van der Waals surface area contributed by atoms with Gasteiger partial charge < -0.3 is 0 Å². The molecule has 0 atom stereocenters. The first-order valence-corrected chi connectivity index (χ1v) is 5.21. The summed E-state index contributed by atoms with van der Waals surface area (Å²) in [5, 5.41) is 1.22. The second-order valence-electron chi connectivity index (χ2n) is 4.18. The highest BCUT2D eigenvalue weighted by molar-refractivity contribution is 5.88. The number of hydrogen-bond acceptors (Lipinski definition) is 2. The number of benzene rings is 1. The van der Waals surface area contributed by atoms with Gasteiger partial charge in [-0.1, -0.05) is 0 Å². The van der Waals surface area contributed by atoms with Gasteiger partial charge in [-0.2, -0.15) is 0 Å². The fourth-order valence-corrected chi connectivity index (χ4v) is 2.13. The van der Waals surface area contributed by atoms with Gasteiger partial charge in [0.25, 0.3) is 0 Å². The third-order valence-electron chi connectivity index (χ3n) is 3.45. The van der Waals surface area contributed by atoms with Gasteiger partial charge in [-0.05, 0) is 56.9 Å². The first-order valence-electron chi connectivity index (χ1n) is 5.21. The summed E-state index contributed by atoms with van der Waals surface area (Å²) in [7, 11) is 0. The minimum absolute atomic E-state index is 1.07. The summed E-state index contributed by atoms with van der Waals surface area (Å²) in [5.41, 5.74) is 7.47. The zero-order valence-corrected chi connectivity index (χ0v) is 9.97. The Balaban J connectivity index is 3.08. The van der Waals surface area contributed by atoms with Gasteiger partial charge in [0.2, 0.25) is 0 Å². The molecule has 1 aromatic heterocycles. The summed E-state index contributed by atoms with van der Waals surface area (Å²) in [6.45, 7) is 10.7. The third kappa shape index (κ3) is 1.32. The predicted molar refractivity (Wildman–Crippen MR) is 63.2 cm³/mol. The second-order valence-corrected chi connectivity index (χ2v) is 4.18. The van der Waals surface area contributed by atoms with E-state index in [1.165, 1.54) is 27.6 Å². The fraction of sp³-hybridized carbons (Fsp3) is 0.385. The lowest BCUT2D eigenvalue weighted by molar-refractivity contribution is 1.12. The third-order valence-corrected chi connectivity index (χ3v) is 3.45. The van der Waals surface area contributed by atoms with Crippen LogP contribution in [0.15, 0.2) is 6.33 Å². The Hall–Kier alpha value is -1.44. The molecule has 0 fully saturated rings. The van der Waals surface area contributed by atoms with Crippen molar-refractivity contribution in [1.82, 2.24) is 9.97 Å². The number of hydrogen-bond donors (Lipinski definition) is 0. The molecular weight excluding hydrogens is 184 g/mol. The van der Waals surface area contributed by atoms with Crippen LogP contribution >= 0.6 is 0 Å². The van der Waals surface area contributed by atoms with Crippen molar-refractivity contribution >= 4 is 10.9 Å². The maximum Gasteiger partial charge on any atom is 0.116 e. The predicted octanol–water partition coefficient (Wildman–Crippen LogP) is 3.17.